The Balaban J connectivity index is 2.37. The van der Waals surface area contributed by atoms with Crippen LogP contribution in [0.2, 0.25) is 0 Å². The van der Waals surface area contributed by atoms with E-state index in [1.807, 2.05) is 18.2 Å². The zero-order chi connectivity index (χ0) is 12.4. The van der Waals surface area contributed by atoms with Crippen LogP contribution < -0.4 is 0 Å². The highest BCUT2D eigenvalue weighted by Crippen LogP contribution is 2.20. The molecule has 1 heterocycles. The second kappa shape index (κ2) is 4.45. The van der Waals surface area contributed by atoms with E-state index in [1.165, 1.54) is 10.9 Å². The van der Waals surface area contributed by atoms with E-state index in [-0.39, 0.29) is 0 Å². The molecule has 0 atom stereocenters. The molecule has 0 saturated carbocycles. The number of carboxylic acids is 1. The molecule has 0 amide bonds. The molecule has 0 unspecified atom stereocenters. The van der Waals surface area contributed by atoms with Crippen molar-refractivity contribution < 1.29 is 9.90 Å². The summed E-state index contributed by atoms with van der Waals surface area (Å²) in [5.41, 5.74) is 2.72. The summed E-state index contributed by atoms with van der Waals surface area (Å²) in [6, 6.07) is 8.13. The number of carbonyl (C=O) groups is 1. The smallest absolute Gasteiger partial charge is 0.331 e. The molecule has 2 aromatic rings. The van der Waals surface area contributed by atoms with E-state index >= 15 is 0 Å². The van der Waals surface area contributed by atoms with E-state index in [2.05, 4.69) is 23.8 Å². The van der Waals surface area contributed by atoms with Gasteiger partial charge in [0.2, 0.25) is 0 Å². The van der Waals surface area contributed by atoms with Crippen molar-refractivity contribution >= 4 is 16.9 Å². The average Bonchev–Trinajstić information content (AvgIpc) is 2.64. The molecule has 0 aliphatic carbocycles. The second-order valence-corrected chi connectivity index (χ2v) is 4.17. The fourth-order valence-corrected chi connectivity index (χ4v) is 1.90. The second-order valence-electron chi connectivity index (χ2n) is 4.17. The highest BCUT2D eigenvalue weighted by molar-refractivity contribution is 5.86. The van der Waals surface area contributed by atoms with Gasteiger partial charge >= 0.3 is 5.97 Å². The Labute approximate surface area is 100.0 Å². The van der Waals surface area contributed by atoms with E-state index in [1.54, 1.807) is 13.0 Å². The number of nitrogens with zero attached hydrogens (tertiary/aromatic N) is 1. The van der Waals surface area contributed by atoms with Crippen LogP contribution in [0.15, 0.2) is 42.1 Å². The Kier molecular flexibility index (Phi) is 3.00. The van der Waals surface area contributed by atoms with Crippen molar-refractivity contribution in [1.29, 1.82) is 0 Å². The lowest BCUT2D eigenvalue weighted by molar-refractivity contribution is -0.132. The van der Waals surface area contributed by atoms with Crippen molar-refractivity contribution in [2.45, 2.75) is 20.4 Å². The van der Waals surface area contributed by atoms with Gasteiger partial charge in [-0.05, 0) is 25.5 Å². The van der Waals surface area contributed by atoms with Crippen LogP contribution in [-0.2, 0) is 11.3 Å². The van der Waals surface area contributed by atoms with Crippen LogP contribution in [0.3, 0.4) is 0 Å². The Bertz CT molecular complexity index is 593. The summed E-state index contributed by atoms with van der Waals surface area (Å²) in [5, 5.41) is 10.0. The van der Waals surface area contributed by atoms with Crippen molar-refractivity contribution in [3.8, 4) is 0 Å². The molecule has 0 radical (unpaired) electrons. The third-order valence-corrected chi connectivity index (χ3v) is 2.92. The van der Waals surface area contributed by atoms with Crippen LogP contribution >= 0.6 is 0 Å². The van der Waals surface area contributed by atoms with Crippen molar-refractivity contribution in [1.82, 2.24) is 4.57 Å². The van der Waals surface area contributed by atoms with Gasteiger partial charge in [-0.2, -0.15) is 0 Å². The number of hydrogen-bond acceptors (Lipinski definition) is 1. The van der Waals surface area contributed by atoms with E-state index in [9.17, 15) is 4.79 Å². The number of aromatic nitrogens is 1. The topological polar surface area (TPSA) is 42.2 Å². The molecular weight excluding hydrogens is 214 g/mol. The van der Waals surface area contributed by atoms with Crippen molar-refractivity contribution in [2.75, 3.05) is 0 Å². The van der Waals surface area contributed by atoms with E-state index in [0.717, 1.165) is 5.52 Å². The maximum atomic E-state index is 10.7. The molecule has 0 fully saturated rings. The Morgan fingerprint density at radius 3 is 2.82 bits per heavy atom. The summed E-state index contributed by atoms with van der Waals surface area (Å²) in [4.78, 5) is 10.7. The number of allylic oxidation sites excluding steroid dienone is 1. The summed E-state index contributed by atoms with van der Waals surface area (Å²) in [6.07, 6.45) is 3.78. The first-order chi connectivity index (χ1) is 8.09. The van der Waals surface area contributed by atoms with Gasteiger partial charge in [-0.1, -0.05) is 24.3 Å². The zero-order valence-corrected chi connectivity index (χ0v) is 9.97. The summed E-state index contributed by atoms with van der Waals surface area (Å²) in [5.74, 6) is -0.863. The average molecular weight is 229 g/mol. The monoisotopic (exact) mass is 229 g/mol. The number of rotatable bonds is 3. The van der Waals surface area contributed by atoms with Crippen LogP contribution in [0.1, 0.15) is 12.5 Å². The quantitative estimate of drug-likeness (QED) is 0.822. The number of aryl methyl sites for hydroxylation is 1. The third kappa shape index (κ3) is 2.23. The molecule has 17 heavy (non-hydrogen) atoms. The van der Waals surface area contributed by atoms with Crippen LogP contribution in [0.5, 0.6) is 0 Å². The van der Waals surface area contributed by atoms with Gasteiger partial charge in [-0.3, -0.25) is 0 Å². The molecule has 3 nitrogen and oxygen atoms in total. The van der Waals surface area contributed by atoms with Gasteiger partial charge in [0, 0.05) is 29.2 Å². The molecule has 1 aromatic heterocycles. The molecule has 2 rings (SSSR count). The van der Waals surface area contributed by atoms with Crippen LogP contribution in [0, 0.1) is 6.92 Å². The number of hydrogen-bond donors (Lipinski definition) is 1. The number of para-hydroxylation sites is 1. The normalized spacial score (nSPS) is 12.0. The van der Waals surface area contributed by atoms with Crippen LogP contribution in [0.4, 0.5) is 0 Å². The van der Waals surface area contributed by atoms with Crippen LogP contribution in [-0.4, -0.2) is 15.6 Å². The van der Waals surface area contributed by atoms with Gasteiger partial charge in [-0.25, -0.2) is 4.79 Å². The van der Waals surface area contributed by atoms with E-state index in [0.29, 0.717) is 12.1 Å². The van der Waals surface area contributed by atoms with Crippen molar-refractivity contribution in [3.05, 3.63) is 47.7 Å². The van der Waals surface area contributed by atoms with E-state index < -0.39 is 5.97 Å². The zero-order valence-electron chi connectivity index (χ0n) is 9.97. The molecule has 0 aliphatic heterocycles. The predicted octanol–water partition coefficient (Wildman–Crippen LogP) is 2.98. The Morgan fingerprint density at radius 1 is 1.41 bits per heavy atom. The van der Waals surface area contributed by atoms with Crippen molar-refractivity contribution in [3.63, 3.8) is 0 Å². The molecule has 0 aliphatic rings. The summed E-state index contributed by atoms with van der Waals surface area (Å²) in [7, 11) is 0. The maximum Gasteiger partial charge on any atom is 0.331 e. The first-order valence-electron chi connectivity index (χ1n) is 5.54. The predicted molar refractivity (Wildman–Crippen MR) is 68.1 cm³/mol. The molecule has 3 heteroatoms. The fraction of sp³-hybridized carbons (Fsp3) is 0.214. The molecule has 0 spiro atoms. The van der Waals surface area contributed by atoms with Gasteiger partial charge in [0.05, 0.1) is 0 Å². The molecule has 0 saturated heterocycles. The first-order valence-corrected chi connectivity index (χ1v) is 5.54. The minimum atomic E-state index is -0.863. The van der Waals surface area contributed by atoms with Gasteiger partial charge < -0.3 is 9.67 Å². The van der Waals surface area contributed by atoms with Gasteiger partial charge in [-0.15, -0.1) is 0 Å². The lowest BCUT2D eigenvalue weighted by Crippen LogP contribution is -1.99. The minimum absolute atomic E-state index is 0.375. The minimum Gasteiger partial charge on any atom is -0.478 e. The summed E-state index contributed by atoms with van der Waals surface area (Å²) >= 11 is 0. The number of benzene rings is 1. The highest BCUT2D eigenvalue weighted by atomic mass is 16.4. The molecule has 1 N–H and O–H groups in total. The summed E-state index contributed by atoms with van der Waals surface area (Å²) < 4.78 is 2.07. The molecule has 88 valence electrons. The summed E-state index contributed by atoms with van der Waals surface area (Å²) in [6.45, 7) is 4.26. The van der Waals surface area contributed by atoms with Gasteiger partial charge in [0.1, 0.15) is 0 Å². The van der Waals surface area contributed by atoms with Gasteiger partial charge in [0.15, 0.2) is 0 Å². The first kappa shape index (κ1) is 11.5. The lowest BCUT2D eigenvalue weighted by atomic mass is 10.2. The van der Waals surface area contributed by atoms with Crippen molar-refractivity contribution in [2.24, 2.45) is 0 Å². The van der Waals surface area contributed by atoms with Gasteiger partial charge in [0.25, 0.3) is 0 Å². The fourth-order valence-electron chi connectivity index (χ4n) is 1.90. The lowest BCUT2D eigenvalue weighted by Gasteiger charge is -2.01. The number of aliphatic carboxylic acids is 1. The highest BCUT2D eigenvalue weighted by Gasteiger charge is 2.04. The van der Waals surface area contributed by atoms with Crippen LogP contribution in [0.25, 0.3) is 10.9 Å². The standard InChI is InChI=1S/C14H15NO2/c1-10(14(16)17)7-8-15-9-11(2)12-5-3-4-6-13(12)15/h3-7,9H,8H2,1-2H3,(H,16,17). The third-order valence-electron chi connectivity index (χ3n) is 2.92. The Hall–Kier alpha value is -2.03. The van der Waals surface area contributed by atoms with E-state index in [4.69, 9.17) is 5.11 Å². The molecular formula is C14H15NO2. The number of carboxylic acid groups (broad SMARTS) is 1. The molecule has 1 aromatic carbocycles. The largest absolute Gasteiger partial charge is 0.478 e. The number of fused-ring (bicyclic) bond motifs is 1. The molecule has 0 bridgehead atoms. The maximum absolute atomic E-state index is 10.7. The Morgan fingerprint density at radius 2 is 2.12 bits per heavy atom. The SMILES string of the molecule is CC(=CCn1cc(C)c2ccccc21)C(=O)O.